The minimum atomic E-state index is -4.50. The monoisotopic (exact) mass is 345 g/mol. The minimum Gasteiger partial charge on any atom is -0.297 e. The van der Waals surface area contributed by atoms with Crippen LogP contribution in [0.1, 0.15) is 45.3 Å². The highest BCUT2D eigenvalue weighted by Gasteiger charge is 2.60. The van der Waals surface area contributed by atoms with Crippen LogP contribution in [0.4, 0.5) is 13.2 Å². The summed E-state index contributed by atoms with van der Waals surface area (Å²) in [4.78, 5) is 2.47. The highest BCUT2D eigenvalue weighted by Crippen LogP contribution is 2.43. The van der Waals surface area contributed by atoms with Crippen LogP contribution in [0.15, 0.2) is 0 Å². The molecular formula is C12H18F3N9. The lowest BCUT2D eigenvalue weighted by Gasteiger charge is -2.28. The van der Waals surface area contributed by atoms with E-state index in [1.54, 1.807) is 0 Å². The fourth-order valence-corrected chi connectivity index (χ4v) is 2.50. The average molecular weight is 345 g/mol. The molecule has 12 heteroatoms. The number of nitrogens with zero attached hydrogens (tertiary/aromatic N) is 8. The molecule has 0 amide bonds. The van der Waals surface area contributed by atoms with Gasteiger partial charge in [0.1, 0.15) is 6.54 Å². The van der Waals surface area contributed by atoms with Crippen molar-refractivity contribution in [2.24, 2.45) is 0 Å². The maximum atomic E-state index is 13.5. The quantitative estimate of drug-likeness (QED) is 0.870. The topological polar surface area (TPSA) is 99.2 Å². The third kappa shape index (κ3) is 2.85. The fraction of sp³-hybridized carbons (Fsp3) is 0.833. The van der Waals surface area contributed by atoms with Crippen LogP contribution in [0.5, 0.6) is 0 Å². The van der Waals surface area contributed by atoms with Gasteiger partial charge in [-0.2, -0.15) is 22.8 Å². The highest BCUT2D eigenvalue weighted by atomic mass is 19.4. The summed E-state index contributed by atoms with van der Waals surface area (Å²) in [6.07, 6.45) is -4.21. The Kier molecular flexibility index (Phi) is 3.81. The zero-order chi connectivity index (χ0) is 17.6. The van der Waals surface area contributed by atoms with E-state index in [0.29, 0.717) is 12.2 Å². The van der Waals surface area contributed by atoms with Crippen molar-refractivity contribution in [1.82, 2.24) is 45.7 Å². The minimum absolute atomic E-state index is 0.00296. The lowest BCUT2D eigenvalue weighted by atomic mass is 9.96. The summed E-state index contributed by atoms with van der Waals surface area (Å²) in [6.45, 7) is 5.97. The van der Waals surface area contributed by atoms with E-state index < -0.39 is 11.7 Å². The Morgan fingerprint density at radius 3 is 2.42 bits per heavy atom. The SMILES string of the molecule is CC(C)(C)n1nnc(Cn2nnc(C3(C(F)(F)F)CCCN3)n2)n1. The molecule has 1 saturated heterocycles. The molecule has 1 fully saturated rings. The zero-order valence-electron chi connectivity index (χ0n) is 13.5. The largest absolute Gasteiger partial charge is 0.414 e. The van der Waals surface area contributed by atoms with Crippen LogP contribution in [0, 0.1) is 0 Å². The van der Waals surface area contributed by atoms with Crippen LogP contribution >= 0.6 is 0 Å². The molecule has 1 aliphatic rings. The van der Waals surface area contributed by atoms with Gasteiger partial charge in [0.25, 0.3) is 0 Å². The number of hydrogen-bond acceptors (Lipinski definition) is 7. The van der Waals surface area contributed by atoms with E-state index >= 15 is 0 Å². The van der Waals surface area contributed by atoms with E-state index in [0.717, 1.165) is 4.80 Å². The number of halogens is 3. The Morgan fingerprint density at radius 2 is 1.88 bits per heavy atom. The zero-order valence-corrected chi connectivity index (χ0v) is 13.5. The second kappa shape index (κ2) is 5.46. The number of nitrogens with one attached hydrogen (secondary N) is 1. The van der Waals surface area contributed by atoms with Gasteiger partial charge in [-0.15, -0.1) is 20.4 Å². The van der Waals surface area contributed by atoms with Gasteiger partial charge in [-0.25, -0.2) is 0 Å². The van der Waals surface area contributed by atoms with E-state index in [4.69, 9.17) is 0 Å². The molecule has 1 aliphatic heterocycles. The molecule has 3 heterocycles. The molecule has 9 nitrogen and oxygen atoms in total. The number of tetrazole rings is 2. The summed E-state index contributed by atoms with van der Waals surface area (Å²) < 4.78 is 40.4. The Hall–Kier alpha value is -2.11. The molecule has 2 aromatic rings. The Morgan fingerprint density at radius 1 is 1.12 bits per heavy atom. The van der Waals surface area contributed by atoms with Gasteiger partial charge in [-0.3, -0.25) is 5.32 Å². The Bertz CT molecular complexity index is 706. The van der Waals surface area contributed by atoms with Crippen molar-refractivity contribution in [3.8, 4) is 0 Å². The first-order chi connectivity index (χ1) is 11.1. The van der Waals surface area contributed by atoms with Crippen LogP contribution in [-0.4, -0.2) is 53.1 Å². The number of hydrogen-bond donors (Lipinski definition) is 1. The lowest BCUT2D eigenvalue weighted by Crippen LogP contribution is -2.50. The third-order valence-corrected chi connectivity index (χ3v) is 3.81. The van der Waals surface area contributed by atoms with Crippen LogP contribution in [0.2, 0.25) is 0 Å². The van der Waals surface area contributed by atoms with Crippen molar-refractivity contribution in [2.75, 3.05) is 6.54 Å². The third-order valence-electron chi connectivity index (χ3n) is 3.81. The smallest absolute Gasteiger partial charge is 0.297 e. The lowest BCUT2D eigenvalue weighted by molar-refractivity contribution is -0.198. The van der Waals surface area contributed by atoms with Crippen LogP contribution in [-0.2, 0) is 17.6 Å². The molecule has 1 unspecified atom stereocenters. The molecule has 2 aromatic heterocycles. The summed E-state index contributed by atoms with van der Waals surface area (Å²) in [5.41, 5.74) is -2.58. The molecular weight excluding hydrogens is 327 g/mol. The molecule has 0 aliphatic carbocycles. The standard InChI is InChI=1S/C12H18F3N9/c1-10(2,3)24-19-8(17-22-24)7-23-20-9(18-21-23)11(12(13,14)15)5-4-6-16-11/h16H,4-7H2,1-3H3. The molecule has 132 valence electrons. The Balaban J connectivity index is 1.82. The molecule has 0 bridgehead atoms. The maximum absolute atomic E-state index is 13.5. The first-order valence-corrected chi connectivity index (χ1v) is 7.51. The average Bonchev–Trinajstić information content (AvgIpc) is 3.17. The molecule has 0 radical (unpaired) electrons. The van der Waals surface area contributed by atoms with E-state index in [2.05, 4.69) is 36.1 Å². The second-order valence-corrected chi connectivity index (χ2v) is 6.74. The first kappa shape index (κ1) is 16.7. The molecule has 0 saturated carbocycles. The van der Waals surface area contributed by atoms with Crippen molar-refractivity contribution in [3.05, 3.63) is 11.6 Å². The normalized spacial score (nSPS) is 22.2. The summed E-state index contributed by atoms with van der Waals surface area (Å²) in [6, 6.07) is 0. The summed E-state index contributed by atoms with van der Waals surface area (Å²) in [7, 11) is 0. The van der Waals surface area contributed by atoms with Gasteiger partial charge in [-0.05, 0) is 50.6 Å². The highest BCUT2D eigenvalue weighted by molar-refractivity contribution is 5.11. The molecule has 1 atom stereocenters. The predicted molar refractivity (Wildman–Crippen MR) is 74.7 cm³/mol. The van der Waals surface area contributed by atoms with Crippen molar-refractivity contribution in [2.45, 2.75) is 57.4 Å². The van der Waals surface area contributed by atoms with Gasteiger partial charge < -0.3 is 0 Å². The number of aromatic nitrogens is 8. The van der Waals surface area contributed by atoms with Crippen molar-refractivity contribution in [1.29, 1.82) is 0 Å². The summed E-state index contributed by atoms with van der Waals surface area (Å²) in [5.74, 6) is -0.0787. The molecule has 0 spiro atoms. The summed E-state index contributed by atoms with van der Waals surface area (Å²) >= 11 is 0. The van der Waals surface area contributed by atoms with Gasteiger partial charge in [-0.1, -0.05) is 0 Å². The predicted octanol–water partition coefficient (Wildman–Crippen LogP) is 0.604. The van der Waals surface area contributed by atoms with Gasteiger partial charge in [0.2, 0.25) is 5.82 Å². The molecule has 1 N–H and O–H groups in total. The molecule has 24 heavy (non-hydrogen) atoms. The maximum Gasteiger partial charge on any atom is 0.414 e. The van der Waals surface area contributed by atoms with Gasteiger partial charge in [0, 0.05) is 0 Å². The van der Waals surface area contributed by atoms with E-state index in [1.807, 2.05) is 20.8 Å². The number of rotatable bonds is 3. The molecule has 0 aromatic carbocycles. The van der Waals surface area contributed by atoms with E-state index in [9.17, 15) is 13.2 Å². The Labute approximate surface area is 135 Å². The van der Waals surface area contributed by atoms with Crippen molar-refractivity contribution in [3.63, 3.8) is 0 Å². The van der Waals surface area contributed by atoms with Gasteiger partial charge in [0.05, 0.1) is 5.54 Å². The van der Waals surface area contributed by atoms with Gasteiger partial charge >= 0.3 is 6.18 Å². The van der Waals surface area contributed by atoms with Crippen LogP contribution in [0.25, 0.3) is 0 Å². The fourth-order valence-electron chi connectivity index (χ4n) is 2.50. The van der Waals surface area contributed by atoms with Crippen molar-refractivity contribution >= 4 is 0 Å². The summed E-state index contributed by atoms with van der Waals surface area (Å²) in [5, 5.41) is 25.6. The van der Waals surface area contributed by atoms with Crippen LogP contribution < -0.4 is 5.32 Å². The van der Waals surface area contributed by atoms with Crippen molar-refractivity contribution < 1.29 is 13.2 Å². The first-order valence-electron chi connectivity index (χ1n) is 7.51. The second-order valence-electron chi connectivity index (χ2n) is 6.74. The van der Waals surface area contributed by atoms with E-state index in [-0.39, 0.29) is 30.9 Å². The molecule has 3 rings (SSSR count). The van der Waals surface area contributed by atoms with Crippen LogP contribution in [0.3, 0.4) is 0 Å². The van der Waals surface area contributed by atoms with E-state index in [1.165, 1.54) is 4.80 Å². The van der Waals surface area contributed by atoms with Gasteiger partial charge in [0.15, 0.2) is 11.4 Å². The number of alkyl halides is 3.